The molecule has 25 heavy (non-hydrogen) atoms. The van der Waals surface area contributed by atoms with Gasteiger partial charge in [0.1, 0.15) is 11.9 Å². The molecule has 0 radical (unpaired) electrons. The monoisotopic (exact) mass is 347 g/mol. The molecule has 1 aromatic heterocycles. The Morgan fingerprint density at radius 1 is 1.12 bits per heavy atom. The first kappa shape index (κ1) is 17.0. The lowest BCUT2D eigenvalue weighted by atomic mass is 10.1. The molecule has 2 N–H and O–H groups in total. The largest absolute Gasteiger partial charge is 0.407 e. The Bertz CT molecular complexity index is 949. The van der Waals surface area contributed by atoms with Crippen LogP contribution in [0.25, 0.3) is 10.9 Å². The van der Waals surface area contributed by atoms with E-state index in [1.54, 1.807) is 16.7 Å². The molecule has 128 valence electrons. The standard InChI is InChI=1S/C18H13F4N3/c19-13-4-1-11(2-5-13)9-25-10-15(17(24)18(20,21)22)14-6-3-12(8-23)7-16(14)25/h1-7,10,17H,9,24H2. The topological polar surface area (TPSA) is 54.7 Å². The lowest BCUT2D eigenvalue weighted by Gasteiger charge is -2.14. The van der Waals surface area contributed by atoms with Gasteiger partial charge in [0.2, 0.25) is 0 Å². The van der Waals surface area contributed by atoms with Crippen molar-refractivity contribution in [2.24, 2.45) is 5.73 Å². The number of benzene rings is 2. The minimum atomic E-state index is -4.58. The van der Waals surface area contributed by atoms with Crippen molar-refractivity contribution >= 4 is 10.9 Å². The van der Waals surface area contributed by atoms with Crippen LogP contribution in [0.5, 0.6) is 0 Å². The Labute approximate surface area is 140 Å². The third-order valence-corrected chi connectivity index (χ3v) is 4.00. The Morgan fingerprint density at radius 3 is 2.40 bits per heavy atom. The van der Waals surface area contributed by atoms with E-state index in [2.05, 4.69) is 0 Å². The van der Waals surface area contributed by atoms with Crippen molar-refractivity contribution in [3.8, 4) is 6.07 Å². The molecule has 0 spiro atoms. The highest BCUT2D eigenvalue weighted by Gasteiger charge is 2.39. The number of nitrogens with two attached hydrogens (primary N) is 1. The lowest BCUT2D eigenvalue weighted by molar-refractivity contribution is -0.148. The van der Waals surface area contributed by atoms with Crippen molar-refractivity contribution in [2.75, 3.05) is 0 Å². The number of fused-ring (bicyclic) bond motifs is 1. The summed E-state index contributed by atoms with van der Waals surface area (Å²) in [6, 6.07) is 9.96. The van der Waals surface area contributed by atoms with Crippen molar-refractivity contribution < 1.29 is 17.6 Å². The van der Waals surface area contributed by atoms with Crippen molar-refractivity contribution in [2.45, 2.75) is 18.8 Å². The fourth-order valence-corrected chi connectivity index (χ4v) is 2.73. The maximum Gasteiger partial charge on any atom is 0.407 e. The average molecular weight is 347 g/mol. The van der Waals surface area contributed by atoms with Crippen LogP contribution in [0.4, 0.5) is 17.6 Å². The van der Waals surface area contributed by atoms with Gasteiger partial charge < -0.3 is 10.3 Å². The van der Waals surface area contributed by atoms with Crippen LogP contribution in [-0.2, 0) is 6.54 Å². The van der Waals surface area contributed by atoms with Gasteiger partial charge >= 0.3 is 6.18 Å². The Hall–Kier alpha value is -2.85. The van der Waals surface area contributed by atoms with Gasteiger partial charge in [-0.05, 0) is 29.8 Å². The molecule has 7 heteroatoms. The molecule has 1 atom stereocenters. The molecule has 0 saturated carbocycles. The minimum absolute atomic E-state index is 0.0610. The predicted octanol–water partition coefficient (Wildman–Crippen LogP) is 4.26. The summed E-state index contributed by atoms with van der Waals surface area (Å²) in [4.78, 5) is 0. The zero-order valence-electron chi connectivity index (χ0n) is 12.9. The van der Waals surface area contributed by atoms with Crippen LogP contribution in [0.1, 0.15) is 22.7 Å². The van der Waals surface area contributed by atoms with Crippen molar-refractivity contribution in [3.63, 3.8) is 0 Å². The van der Waals surface area contributed by atoms with Gasteiger partial charge in [0, 0.05) is 29.2 Å². The maximum absolute atomic E-state index is 13.1. The van der Waals surface area contributed by atoms with Gasteiger partial charge in [-0.1, -0.05) is 18.2 Å². The predicted molar refractivity (Wildman–Crippen MR) is 85.1 cm³/mol. The molecule has 2 aromatic carbocycles. The smallest absolute Gasteiger partial charge is 0.343 e. The third kappa shape index (κ3) is 3.35. The number of hydrogen-bond donors (Lipinski definition) is 1. The first-order valence-corrected chi connectivity index (χ1v) is 7.39. The zero-order chi connectivity index (χ0) is 18.2. The SMILES string of the molecule is N#Cc1ccc2c(C(N)C(F)(F)F)cn(Cc3ccc(F)cc3)c2c1. The number of alkyl halides is 3. The summed E-state index contributed by atoms with van der Waals surface area (Å²) >= 11 is 0. The normalized spacial score (nSPS) is 13.0. The molecule has 3 aromatic rings. The molecule has 0 saturated heterocycles. The van der Waals surface area contributed by atoms with Gasteiger partial charge in [0.15, 0.2) is 0 Å². The summed E-state index contributed by atoms with van der Waals surface area (Å²) in [6.07, 6.45) is -3.24. The van der Waals surface area contributed by atoms with Crippen LogP contribution in [0.15, 0.2) is 48.7 Å². The molecule has 0 bridgehead atoms. The summed E-state index contributed by atoms with van der Waals surface area (Å²) in [5.41, 5.74) is 6.84. The highest BCUT2D eigenvalue weighted by Crippen LogP contribution is 2.36. The molecule has 0 aliphatic rings. The van der Waals surface area contributed by atoms with Gasteiger partial charge in [0.25, 0.3) is 0 Å². The Balaban J connectivity index is 2.13. The molecular weight excluding hydrogens is 334 g/mol. The minimum Gasteiger partial charge on any atom is -0.343 e. The van der Waals surface area contributed by atoms with E-state index in [-0.39, 0.29) is 12.1 Å². The summed E-state index contributed by atoms with van der Waals surface area (Å²) < 4.78 is 53.8. The van der Waals surface area contributed by atoms with Crippen molar-refractivity contribution in [1.82, 2.24) is 4.57 Å². The average Bonchev–Trinajstić information content (AvgIpc) is 2.93. The van der Waals surface area contributed by atoms with Gasteiger partial charge in [-0.2, -0.15) is 18.4 Å². The van der Waals surface area contributed by atoms with E-state index in [0.717, 1.165) is 0 Å². The highest BCUT2D eigenvalue weighted by atomic mass is 19.4. The Morgan fingerprint density at radius 2 is 1.80 bits per heavy atom. The summed E-state index contributed by atoms with van der Waals surface area (Å²) in [7, 11) is 0. The molecule has 1 unspecified atom stereocenters. The lowest BCUT2D eigenvalue weighted by Crippen LogP contribution is -2.28. The van der Waals surface area contributed by atoms with E-state index in [1.807, 2.05) is 6.07 Å². The zero-order valence-corrected chi connectivity index (χ0v) is 12.9. The number of hydrogen-bond acceptors (Lipinski definition) is 2. The van der Waals surface area contributed by atoms with Gasteiger partial charge in [-0.25, -0.2) is 4.39 Å². The second kappa shape index (κ2) is 6.22. The molecule has 1 heterocycles. The molecule has 0 aliphatic heterocycles. The maximum atomic E-state index is 13.1. The molecular formula is C18H13F4N3. The van der Waals surface area contributed by atoms with Crippen molar-refractivity contribution in [1.29, 1.82) is 5.26 Å². The van der Waals surface area contributed by atoms with Gasteiger partial charge in [-0.3, -0.25) is 0 Å². The number of rotatable bonds is 3. The summed E-state index contributed by atoms with van der Waals surface area (Å²) in [6.45, 7) is 0.232. The van der Waals surface area contributed by atoms with Gasteiger partial charge in [-0.15, -0.1) is 0 Å². The molecule has 0 aliphatic carbocycles. The van der Waals surface area contributed by atoms with E-state index in [4.69, 9.17) is 11.0 Å². The van der Waals surface area contributed by atoms with Crippen LogP contribution >= 0.6 is 0 Å². The van der Waals surface area contributed by atoms with Gasteiger partial charge in [0.05, 0.1) is 11.6 Å². The van der Waals surface area contributed by atoms with E-state index in [9.17, 15) is 17.6 Å². The fourth-order valence-electron chi connectivity index (χ4n) is 2.73. The second-order valence-corrected chi connectivity index (χ2v) is 5.70. The Kier molecular flexibility index (Phi) is 4.23. The van der Waals surface area contributed by atoms with E-state index < -0.39 is 18.0 Å². The highest BCUT2D eigenvalue weighted by molar-refractivity contribution is 5.86. The fraction of sp³-hybridized carbons (Fsp3) is 0.167. The van der Waals surface area contributed by atoms with Crippen LogP contribution in [-0.4, -0.2) is 10.7 Å². The summed E-state index contributed by atoms with van der Waals surface area (Å²) in [5, 5.41) is 9.39. The molecule has 0 fully saturated rings. The van der Waals surface area contributed by atoms with Crippen LogP contribution in [0.3, 0.4) is 0 Å². The quantitative estimate of drug-likeness (QED) is 0.720. The molecule has 3 rings (SSSR count). The van der Waals surface area contributed by atoms with Crippen LogP contribution in [0, 0.1) is 17.1 Å². The number of aromatic nitrogens is 1. The molecule has 3 nitrogen and oxygen atoms in total. The van der Waals surface area contributed by atoms with E-state index in [1.165, 1.54) is 36.5 Å². The molecule has 0 amide bonds. The number of nitriles is 1. The van der Waals surface area contributed by atoms with E-state index in [0.29, 0.717) is 22.0 Å². The van der Waals surface area contributed by atoms with Crippen LogP contribution < -0.4 is 5.73 Å². The second-order valence-electron chi connectivity index (χ2n) is 5.70. The third-order valence-electron chi connectivity index (χ3n) is 4.00. The van der Waals surface area contributed by atoms with Crippen molar-refractivity contribution in [3.05, 3.63) is 71.2 Å². The first-order valence-electron chi connectivity index (χ1n) is 7.39. The first-order chi connectivity index (χ1) is 11.8. The summed E-state index contributed by atoms with van der Waals surface area (Å²) in [5.74, 6) is -0.396. The number of halogens is 4. The van der Waals surface area contributed by atoms with Crippen LogP contribution in [0.2, 0.25) is 0 Å². The van der Waals surface area contributed by atoms with E-state index >= 15 is 0 Å². The number of nitrogens with zero attached hydrogens (tertiary/aromatic N) is 2.